The number of benzene rings is 2. The molecule has 4 atom stereocenters. The van der Waals surface area contributed by atoms with Crippen LogP contribution < -0.4 is 9.64 Å². The highest BCUT2D eigenvalue weighted by molar-refractivity contribution is 9.09. The summed E-state index contributed by atoms with van der Waals surface area (Å²) in [5, 5.41) is 13.4. The number of hydrogen-bond donors (Lipinski definition) is 1. The molecule has 8 nitrogen and oxygen atoms in total. The van der Waals surface area contributed by atoms with Gasteiger partial charge in [0.15, 0.2) is 5.60 Å². The minimum atomic E-state index is -2.16. The number of aryl methyl sites for hydroxylation is 1. The van der Waals surface area contributed by atoms with Crippen LogP contribution in [0, 0.1) is 11.8 Å². The molecule has 2 heterocycles. The molecule has 1 N–H and O–H groups in total. The highest BCUT2D eigenvalue weighted by atomic mass is 79.9. The molecular formula is C35H44BrClN2O6. The van der Waals surface area contributed by atoms with Gasteiger partial charge in [-0.3, -0.25) is 4.79 Å². The summed E-state index contributed by atoms with van der Waals surface area (Å²) in [6.07, 6.45) is 9.40. The number of alkyl halides is 1. The summed E-state index contributed by atoms with van der Waals surface area (Å²) in [6.45, 7) is 2.97. The molecule has 0 spiro atoms. The lowest BCUT2D eigenvalue weighted by molar-refractivity contribution is -0.168. The van der Waals surface area contributed by atoms with Gasteiger partial charge in [0.1, 0.15) is 12.4 Å². The number of rotatable bonds is 4. The zero-order valence-electron chi connectivity index (χ0n) is 26.2. The number of fused-ring (bicyclic) bond motifs is 3. The second kappa shape index (κ2) is 15.3. The standard InChI is InChI=1S/C35H44BrClN2O6/c1-38-16-5-4-8-31(44-18-15-36)29-13-10-25(29)22-39-17-6-3-7-24-19-28(37)12-9-26(24)23-45-32-14-11-27(20-30(32)39)35(42,21-33(38)40)34(41)43-2/h4,8-9,11-12,14,19-20,25,29,31,42H,3,5-7,10,13,15-18,21-23H2,1-2H3/b8-4+/t25-,29+,31-,35+/m0/s1. The number of nitrogens with zero attached hydrogens (tertiary/aromatic N) is 2. The van der Waals surface area contributed by atoms with Crippen molar-refractivity contribution in [1.29, 1.82) is 0 Å². The first-order valence-electron chi connectivity index (χ1n) is 15.9. The van der Waals surface area contributed by atoms with Gasteiger partial charge in [-0.15, -0.1) is 0 Å². The molecule has 1 amide bonds. The van der Waals surface area contributed by atoms with Crippen LogP contribution in [0.3, 0.4) is 0 Å². The van der Waals surface area contributed by atoms with Crippen molar-refractivity contribution >= 4 is 45.1 Å². The summed E-state index contributed by atoms with van der Waals surface area (Å²) in [4.78, 5) is 30.4. The fraction of sp³-hybridized carbons (Fsp3) is 0.543. The lowest BCUT2D eigenvalue weighted by Crippen LogP contribution is -2.45. The van der Waals surface area contributed by atoms with Crippen molar-refractivity contribution in [3.63, 3.8) is 0 Å². The molecule has 3 aliphatic rings. The molecule has 2 aromatic carbocycles. The highest BCUT2D eigenvalue weighted by Crippen LogP contribution is 2.43. The zero-order chi connectivity index (χ0) is 32.0. The van der Waals surface area contributed by atoms with E-state index in [0.29, 0.717) is 54.4 Å². The van der Waals surface area contributed by atoms with E-state index < -0.39 is 18.0 Å². The van der Waals surface area contributed by atoms with Crippen molar-refractivity contribution < 1.29 is 28.9 Å². The van der Waals surface area contributed by atoms with Gasteiger partial charge in [-0.25, -0.2) is 4.79 Å². The fourth-order valence-corrected chi connectivity index (χ4v) is 7.05. The monoisotopic (exact) mass is 702 g/mol. The van der Waals surface area contributed by atoms with Crippen LogP contribution in [0.5, 0.6) is 5.75 Å². The van der Waals surface area contributed by atoms with Gasteiger partial charge in [-0.1, -0.05) is 51.8 Å². The Bertz CT molecular complexity index is 1390. The molecule has 2 aromatic rings. The van der Waals surface area contributed by atoms with E-state index in [-0.39, 0.29) is 12.0 Å². The zero-order valence-corrected chi connectivity index (χ0v) is 28.5. The molecule has 0 radical (unpaired) electrons. The number of anilines is 1. The van der Waals surface area contributed by atoms with Crippen molar-refractivity contribution in [3.05, 3.63) is 70.3 Å². The van der Waals surface area contributed by atoms with E-state index in [4.69, 9.17) is 25.8 Å². The second-order valence-electron chi connectivity index (χ2n) is 12.4. The van der Waals surface area contributed by atoms with Crippen molar-refractivity contribution in [2.75, 3.05) is 50.6 Å². The van der Waals surface area contributed by atoms with Gasteiger partial charge in [-0.2, -0.15) is 0 Å². The quantitative estimate of drug-likeness (QED) is 0.236. The molecule has 2 bridgehead atoms. The van der Waals surface area contributed by atoms with E-state index in [1.165, 1.54) is 12.7 Å². The largest absolute Gasteiger partial charge is 0.487 e. The summed E-state index contributed by atoms with van der Waals surface area (Å²) in [5.74, 6) is 0.183. The van der Waals surface area contributed by atoms with Gasteiger partial charge in [0.05, 0.1) is 31.9 Å². The lowest BCUT2D eigenvalue weighted by Gasteiger charge is -2.44. The number of carbonyl (C=O) groups is 2. The number of aliphatic hydroxyl groups is 1. The number of ether oxygens (including phenoxy) is 3. The maximum absolute atomic E-state index is 13.4. The van der Waals surface area contributed by atoms with Crippen molar-refractivity contribution in [1.82, 2.24) is 4.90 Å². The molecule has 1 aliphatic carbocycles. The van der Waals surface area contributed by atoms with Crippen LogP contribution in [0.4, 0.5) is 5.69 Å². The molecule has 0 aromatic heterocycles. The molecule has 2 aliphatic heterocycles. The van der Waals surface area contributed by atoms with Crippen molar-refractivity contribution in [2.45, 2.75) is 63.3 Å². The number of amides is 1. The molecule has 244 valence electrons. The van der Waals surface area contributed by atoms with E-state index in [9.17, 15) is 14.7 Å². The third-order valence-electron chi connectivity index (χ3n) is 9.51. The minimum Gasteiger partial charge on any atom is -0.487 e. The van der Waals surface area contributed by atoms with E-state index in [1.807, 2.05) is 24.3 Å². The second-order valence-corrected chi connectivity index (χ2v) is 13.6. The third kappa shape index (κ3) is 7.87. The Morgan fingerprint density at radius 2 is 2.00 bits per heavy atom. The molecule has 1 saturated carbocycles. The average molecular weight is 704 g/mol. The van der Waals surface area contributed by atoms with E-state index in [2.05, 4.69) is 33.0 Å². The molecule has 45 heavy (non-hydrogen) atoms. The Hall–Kier alpha value is -2.59. The van der Waals surface area contributed by atoms with Gasteiger partial charge < -0.3 is 29.1 Å². The molecule has 5 rings (SSSR count). The summed E-state index contributed by atoms with van der Waals surface area (Å²) in [7, 11) is 2.92. The molecule has 0 saturated heterocycles. The van der Waals surface area contributed by atoms with Gasteiger partial charge in [0, 0.05) is 37.0 Å². The highest BCUT2D eigenvalue weighted by Gasteiger charge is 2.43. The molecule has 1 fully saturated rings. The summed E-state index contributed by atoms with van der Waals surface area (Å²) < 4.78 is 17.9. The maximum atomic E-state index is 13.4. The Morgan fingerprint density at radius 1 is 1.16 bits per heavy atom. The van der Waals surface area contributed by atoms with Gasteiger partial charge in [-0.05, 0) is 91.3 Å². The van der Waals surface area contributed by atoms with Gasteiger partial charge in [0.25, 0.3) is 0 Å². The normalized spacial score (nSPS) is 26.8. The fourth-order valence-electron chi connectivity index (χ4n) is 6.67. The Labute approximate surface area is 279 Å². The third-order valence-corrected chi connectivity index (χ3v) is 10.1. The van der Waals surface area contributed by atoms with Crippen LogP contribution in [0.25, 0.3) is 0 Å². The predicted molar refractivity (Wildman–Crippen MR) is 179 cm³/mol. The first-order valence-corrected chi connectivity index (χ1v) is 17.4. The van der Waals surface area contributed by atoms with Crippen LogP contribution in [-0.2, 0) is 37.7 Å². The van der Waals surface area contributed by atoms with E-state index in [1.54, 1.807) is 24.1 Å². The number of halogens is 2. The summed E-state index contributed by atoms with van der Waals surface area (Å²) in [6, 6.07) is 11.2. The first kappa shape index (κ1) is 33.8. The topological polar surface area (TPSA) is 88.5 Å². The molecular weight excluding hydrogens is 660 g/mol. The van der Waals surface area contributed by atoms with Crippen molar-refractivity contribution in [3.8, 4) is 5.75 Å². The first-order chi connectivity index (χ1) is 21.7. The number of esters is 1. The number of methoxy groups -OCH3 is 1. The Kier molecular flexibility index (Phi) is 11.5. The molecule has 0 unspecified atom stereocenters. The number of carbonyl (C=O) groups excluding carboxylic acids is 2. The Balaban J connectivity index is 1.58. The van der Waals surface area contributed by atoms with Gasteiger partial charge >= 0.3 is 5.97 Å². The average Bonchev–Trinajstić information content (AvgIpc) is 3.05. The predicted octanol–water partition coefficient (Wildman–Crippen LogP) is 6.04. The summed E-state index contributed by atoms with van der Waals surface area (Å²) in [5.41, 5.74) is 1.20. The smallest absolute Gasteiger partial charge is 0.343 e. The SMILES string of the molecule is COC(=O)[C@@]1(O)CC(=O)N(C)CC/C=C/[C@H](OCCBr)[C@@H]2CC[C@H]2CN2CCCCc3cc(Cl)ccc3COc3ccc1cc32. The summed E-state index contributed by atoms with van der Waals surface area (Å²) >= 11 is 9.86. The van der Waals surface area contributed by atoms with Crippen LogP contribution in [0.1, 0.15) is 55.2 Å². The maximum Gasteiger partial charge on any atom is 0.343 e. The van der Waals surface area contributed by atoms with Crippen LogP contribution in [0.2, 0.25) is 5.02 Å². The Morgan fingerprint density at radius 3 is 2.76 bits per heavy atom. The van der Waals surface area contributed by atoms with E-state index in [0.717, 1.165) is 61.8 Å². The lowest BCUT2D eigenvalue weighted by atomic mass is 9.70. The van der Waals surface area contributed by atoms with Crippen molar-refractivity contribution in [2.24, 2.45) is 11.8 Å². The van der Waals surface area contributed by atoms with E-state index >= 15 is 0 Å². The number of hydrogen-bond acceptors (Lipinski definition) is 7. The van der Waals surface area contributed by atoms with Crippen LogP contribution in [-0.4, -0.2) is 73.7 Å². The minimum absolute atomic E-state index is 0.00938. The van der Waals surface area contributed by atoms with Gasteiger partial charge in [0.2, 0.25) is 5.91 Å². The molecule has 10 heteroatoms. The van der Waals surface area contributed by atoms with Crippen LogP contribution >= 0.6 is 27.5 Å². The van der Waals surface area contributed by atoms with Crippen LogP contribution in [0.15, 0.2) is 48.6 Å².